The van der Waals surface area contributed by atoms with Crippen LogP contribution in [0.25, 0.3) is 0 Å². The van der Waals surface area contributed by atoms with Crippen molar-refractivity contribution in [2.75, 3.05) is 0 Å². The van der Waals surface area contributed by atoms with Gasteiger partial charge < -0.3 is 14.9 Å². The van der Waals surface area contributed by atoms with Crippen LogP contribution in [0.15, 0.2) is 37.1 Å². The Morgan fingerprint density at radius 1 is 1.37 bits per heavy atom. The van der Waals surface area contributed by atoms with E-state index in [1.54, 1.807) is 6.08 Å². The van der Waals surface area contributed by atoms with Crippen molar-refractivity contribution in [3.63, 3.8) is 0 Å². The fourth-order valence-corrected chi connectivity index (χ4v) is 2.99. The van der Waals surface area contributed by atoms with Crippen molar-refractivity contribution in [1.29, 1.82) is 0 Å². The lowest BCUT2D eigenvalue weighted by atomic mass is 9.62. The maximum absolute atomic E-state index is 11.7. The number of rotatable bonds is 6. The van der Waals surface area contributed by atoms with E-state index in [1.807, 2.05) is 0 Å². The number of ether oxygens (including phenoxy) is 1. The summed E-state index contributed by atoms with van der Waals surface area (Å²) in [6.07, 6.45) is 4.68. The summed E-state index contributed by atoms with van der Waals surface area (Å²) in [6.45, 7) is 7.14. The number of allylic oxidation sites excluding steroid dienone is 2. The van der Waals surface area contributed by atoms with Crippen LogP contribution in [-0.4, -0.2) is 28.3 Å². The molecular formula is C14H16O5. The van der Waals surface area contributed by atoms with Gasteiger partial charge >= 0.3 is 11.9 Å². The van der Waals surface area contributed by atoms with E-state index in [0.717, 1.165) is 0 Å². The number of fused-ring (bicyclic) bond motifs is 1. The minimum Gasteiger partial charge on any atom is -0.483 e. The van der Waals surface area contributed by atoms with Crippen molar-refractivity contribution >= 4 is 11.9 Å². The second-order valence-corrected chi connectivity index (χ2v) is 4.93. The van der Waals surface area contributed by atoms with E-state index in [1.165, 1.54) is 12.2 Å². The van der Waals surface area contributed by atoms with Gasteiger partial charge in [0.15, 0.2) is 6.10 Å². The second-order valence-electron chi connectivity index (χ2n) is 4.93. The number of hydrogen-bond acceptors (Lipinski definition) is 3. The van der Waals surface area contributed by atoms with Gasteiger partial charge in [-0.05, 0) is 18.9 Å². The second kappa shape index (κ2) is 4.57. The van der Waals surface area contributed by atoms with Crippen LogP contribution >= 0.6 is 0 Å². The average molecular weight is 264 g/mol. The zero-order chi connectivity index (χ0) is 14.2. The topological polar surface area (TPSA) is 87.1 Å². The van der Waals surface area contributed by atoms with Crippen molar-refractivity contribution in [2.45, 2.75) is 18.9 Å². The number of carbonyl (C=O) groups is 2. The highest BCUT2D eigenvalue weighted by Crippen LogP contribution is 2.54. The van der Waals surface area contributed by atoms with Crippen LogP contribution in [0, 0.1) is 17.3 Å². The van der Waals surface area contributed by atoms with Gasteiger partial charge in [0.05, 0.1) is 5.92 Å². The molecule has 2 rings (SSSR count). The van der Waals surface area contributed by atoms with E-state index in [4.69, 9.17) is 4.74 Å². The zero-order valence-electron chi connectivity index (χ0n) is 10.4. The predicted octanol–water partition coefficient (Wildman–Crippen LogP) is 1.82. The maximum atomic E-state index is 11.7. The summed E-state index contributed by atoms with van der Waals surface area (Å²) in [6, 6.07) is 0. The van der Waals surface area contributed by atoms with E-state index in [0.29, 0.717) is 12.2 Å². The van der Waals surface area contributed by atoms with Crippen LogP contribution in [-0.2, 0) is 14.3 Å². The van der Waals surface area contributed by atoms with Crippen molar-refractivity contribution in [1.82, 2.24) is 0 Å². The van der Waals surface area contributed by atoms with Crippen molar-refractivity contribution in [2.24, 2.45) is 17.3 Å². The lowest BCUT2D eigenvalue weighted by molar-refractivity contribution is -0.162. The molecule has 102 valence electrons. The summed E-state index contributed by atoms with van der Waals surface area (Å²) in [7, 11) is 0. The molecule has 5 heteroatoms. The van der Waals surface area contributed by atoms with Gasteiger partial charge in [0.2, 0.25) is 0 Å². The predicted molar refractivity (Wildman–Crippen MR) is 67.3 cm³/mol. The Labute approximate surface area is 110 Å². The van der Waals surface area contributed by atoms with Crippen LogP contribution < -0.4 is 0 Å². The molecule has 1 saturated heterocycles. The first-order chi connectivity index (χ1) is 8.97. The van der Waals surface area contributed by atoms with Gasteiger partial charge in [-0.1, -0.05) is 12.2 Å². The number of carboxylic acid groups (broad SMARTS) is 2. The third kappa shape index (κ3) is 1.95. The van der Waals surface area contributed by atoms with Gasteiger partial charge in [-0.15, -0.1) is 13.2 Å². The standard InChI is InChI=1S/C14H16O5/c1-3-5-8-10(12(15)16)14(6-4-2,13(17)18)7-9-11(8)19-9/h3-4,7-8,10-11H,1-2,5-6H2,(H,15,16)(H,17,18). The highest BCUT2D eigenvalue weighted by Gasteiger charge is 2.61. The third-order valence-electron chi connectivity index (χ3n) is 3.84. The molecule has 4 unspecified atom stereocenters. The number of hydrogen-bond donors (Lipinski definition) is 2. The van der Waals surface area contributed by atoms with Crippen molar-refractivity contribution in [3.05, 3.63) is 37.1 Å². The smallest absolute Gasteiger partial charge is 0.314 e. The zero-order valence-corrected chi connectivity index (χ0v) is 10.4. The van der Waals surface area contributed by atoms with Crippen LogP contribution in [0.1, 0.15) is 12.8 Å². The Balaban J connectivity index is 2.52. The molecule has 0 radical (unpaired) electrons. The van der Waals surface area contributed by atoms with E-state index in [9.17, 15) is 19.8 Å². The highest BCUT2D eigenvalue weighted by atomic mass is 16.6. The van der Waals surface area contributed by atoms with Crippen LogP contribution in [0.4, 0.5) is 0 Å². The van der Waals surface area contributed by atoms with E-state index in [2.05, 4.69) is 13.2 Å². The Hall–Kier alpha value is -2.04. The Bertz CT molecular complexity index is 478. The van der Waals surface area contributed by atoms with Crippen LogP contribution in [0.2, 0.25) is 0 Å². The van der Waals surface area contributed by atoms with Gasteiger partial charge in [-0.3, -0.25) is 9.59 Å². The van der Waals surface area contributed by atoms with E-state index >= 15 is 0 Å². The summed E-state index contributed by atoms with van der Waals surface area (Å²) in [4.78, 5) is 23.2. The fourth-order valence-electron chi connectivity index (χ4n) is 2.99. The van der Waals surface area contributed by atoms with Gasteiger partial charge in [0, 0.05) is 5.92 Å². The molecule has 1 aliphatic carbocycles. The Kier molecular flexibility index (Phi) is 3.22. The molecule has 1 aliphatic heterocycles. The largest absolute Gasteiger partial charge is 0.483 e. The molecule has 0 spiro atoms. The first kappa shape index (κ1) is 13.4. The SMILES string of the molecule is C=CCC1C2OC2=CC(CC=C)(C(=O)O)C1C(=O)O. The van der Waals surface area contributed by atoms with Gasteiger partial charge in [0.1, 0.15) is 11.2 Å². The summed E-state index contributed by atoms with van der Waals surface area (Å²) in [5.41, 5.74) is -1.48. The summed E-state index contributed by atoms with van der Waals surface area (Å²) in [5.74, 6) is -3.14. The highest BCUT2D eigenvalue weighted by molar-refractivity contribution is 5.87. The molecular weight excluding hydrogens is 248 g/mol. The Morgan fingerprint density at radius 2 is 2.05 bits per heavy atom. The fraction of sp³-hybridized carbons (Fsp3) is 0.429. The molecule has 0 amide bonds. The molecule has 1 heterocycles. The lowest BCUT2D eigenvalue weighted by Gasteiger charge is -2.36. The normalized spacial score (nSPS) is 35.4. The minimum absolute atomic E-state index is 0.0620. The van der Waals surface area contributed by atoms with Gasteiger partial charge in [0.25, 0.3) is 0 Å². The molecule has 0 bridgehead atoms. The maximum Gasteiger partial charge on any atom is 0.314 e. The summed E-state index contributed by atoms with van der Waals surface area (Å²) in [5, 5.41) is 19.0. The summed E-state index contributed by atoms with van der Waals surface area (Å²) >= 11 is 0. The minimum atomic E-state index is -1.48. The van der Waals surface area contributed by atoms with Crippen molar-refractivity contribution < 1.29 is 24.5 Å². The van der Waals surface area contributed by atoms with E-state index < -0.39 is 29.2 Å². The molecule has 1 fully saturated rings. The molecule has 0 aromatic rings. The average Bonchev–Trinajstić information content (AvgIpc) is 3.07. The van der Waals surface area contributed by atoms with Crippen LogP contribution in [0.5, 0.6) is 0 Å². The Morgan fingerprint density at radius 3 is 2.53 bits per heavy atom. The monoisotopic (exact) mass is 264 g/mol. The first-order valence-electron chi connectivity index (χ1n) is 6.05. The molecule has 2 N–H and O–H groups in total. The molecule has 0 saturated carbocycles. The molecule has 0 aromatic heterocycles. The molecule has 4 atom stereocenters. The first-order valence-corrected chi connectivity index (χ1v) is 6.05. The number of epoxide rings is 1. The molecule has 0 aromatic carbocycles. The quantitative estimate of drug-likeness (QED) is 0.564. The lowest BCUT2D eigenvalue weighted by Crippen LogP contribution is -2.48. The molecule has 19 heavy (non-hydrogen) atoms. The summed E-state index contributed by atoms with van der Waals surface area (Å²) < 4.78 is 5.33. The molecule has 2 aliphatic rings. The van der Waals surface area contributed by atoms with Crippen LogP contribution in [0.3, 0.4) is 0 Å². The van der Waals surface area contributed by atoms with Gasteiger partial charge in [-0.25, -0.2) is 0 Å². The van der Waals surface area contributed by atoms with Crippen molar-refractivity contribution in [3.8, 4) is 0 Å². The molecule has 5 nitrogen and oxygen atoms in total. The third-order valence-corrected chi connectivity index (χ3v) is 3.84. The number of carboxylic acids is 2. The van der Waals surface area contributed by atoms with Gasteiger partial charge in [-0.2, -0.15) is 0 Å². The number of aliphatic carboxylic acids is 2. The van der Waals surface area contributed by atoms with E-state index in [-0.39, 0.29) is 12.5 Å².